The maximum Gasteiger partial charge on any atom is 0.286 e. The van der Waals surface area contributed by atoms with Gasteiger partial charge in [-0.15, -0.1) is 0 Å². The maximum atomic E-state index is 10.8. The highest BCUT2D eigenvalue weighted by Gasteiger charge is 2.14. The molecule has 1 aliphatic heterocycles. The van der Waals surface area contributed by atoms with E-state index in [1.165, 1.54) is 12.3 Å². The summed E-state index contributed by atoms with van der Waals surface area (Å²) in [6, 6.07) is 8.67. The zero-order valence-electron chi connectivity index (χ0n) is 11.4. The molecule has 7 heteroatoms. The zero-order chi connectivity index (χ0) is 15.1. The van der Waals surface area contributed by atoms with Gasteiger partial charge in [0.25, 0.3) is 5.69 Å². The molecule has 22 heavy (non-hydrogen) atoms. The summed E-state index contributed by atoms with van der Waals surface area (Å²) in [5.41, 5.74) is 2.27. The number of nitrogens with zero attached hydrogens (tertiary/aromatic N) is 3. The van der Waals surface area contributed by atoms with E-state index in [4.69, 9.17) is 9.47 Å². The second-order valence-corrected chi connectivity index (χ2v) is 4.89. The quantitative estimate of drug-likeness (QED) is 0.536. The lowest BCUT2D eigenvalue weighted by atomic mass is 10.1. The van der Waals surface area contributed by atoms with E-state index >= 15 is 0 Å². The van der Waals surface area contributed by atoms with Crippen LogP contribution in [0.3, 0.4) is 0 Å². The molecule has 110 valence electrons. The lowest BCUT2D eigenvalue weighted by Crippen LogP contribution is -2.15. The lowest BCUT2D eigenvalue weighted by molar-refractivity contribution is -0.385. The van der Waals surface area contributed by atoms with Crippen LogP contribution in [0.5, 0.6) is 11.5 Å². The van der Waals surface area contributed by atoms with E-state index in [2.05, 4.69) is 4.98 Å². The second-order valence-electron chi connectivity index (χ2n) is 4.89. The fourth-order valence-electron chi connectivity index (χ4n) is 2.43. The van der Waals surface area contributed by atoms with Crippen LogP contribution in [-0.2, 0) is 0 Å². The van der Waals surface area contributed by atoms with Gasteiger partial charge in [-0.2, -0.15) is 0 Å². The normalized spacial score (nSPS) is 13.3. The van der Waals surface area contributed by atoms with Gasteiger partial charge < -0.3 is 9.47 Å². The van der Waals surface area contributed by atoms with Gasteiger partial charge >= 0.3 is 0 Å². The first-order chi connectivity index (χ1) is 10.7. The van der Waals surface area contributed by atoms with Gasteiger partial charge in [0.15, 0.2) is 11.5 Å². The predicted octanol–water partition coefficient (Wildman–Crippen LogP) is 2.68. The molecule has 0 saturated carbocycles. The smallest absolute Gasteiger partial charge is 0.286 e. The summed E-state index contributed by atoms with van der Waals surface area (Å²) in [6.07, 6.45) is 3.21. The summed E-state index contributed by atoms with van der Waals surface area (Å²) in [6.45, 7) is 1.07. The van der Waals surface area contributed by atoms with Crippen LogP contribution in [0.25, 0.3) is 16.9 Å². The summed E-state index contributed by atoms with van der Waals surface area (Å²) >= 11 is 0. The van der Waals surface area contributed by atoms with E-state index in [0.29, 0.717) is 24.6 Å². The highest BCUT2D eigenvalue weighted by Crippen LogP contribution is 2.34. The maximum absolute atomic E-state index is 10.8. The molecule has 1 aliphatic rings. The third kappa shape index (κ3) is 2.03. The number of hydrogen-bond donors (Lipinski definition) is 0. The first kappa shape index (κ1) is 12.6. The second kappa shape index (κ2) is 4.73. The van der Waals surface area contributed by atoms with Crippen LogP contribution in [0.1, 0.15) is 0 Å². The van der Waals surface area contributed by atoms with Gasteiger partial charge in [-0.1, -0.05) is 0 Å². The van der Waals surface area contributed by atoms with Gasteiger partial charge in [-0.05, 0) is 24.3 Å². The first-order valence-electron chi connectivity index (χ1n) is 6.74. The minimum Gasteiger partial charge on any atom is -0.486 e. The third-order valence-corrected chi connectivity index (χ3v) is 3.48. The van der Waals surface area contributed by atoms with Crippen molar-refractivity contribution in [3.8, 4) is 22.8 Å². The Balaban J connectivity index is 1.79. The van der Waals surface area contributed by atoms with Crippen molar-refractivity contribution < 1.29 is 14.4 Å². The number of hydrogen-bond acceptors (Lipinski definition) is 5. The van der Waals surface area contributed by atoms with Crippen LogP contribution >= 0.6 is 0 Å². The Bertz CT molecular complexity index is 888. The van der Waals surface area contributed by atoms with E-state index in [0.717, 1.165) is 17.0 Å². The Hall–Kier alpha value is -3.09. The van der Waals surface area contributed by atoms with Crippen molar-refractivity contribution in [3.05, 3.63) is 52.8 Å². The van der Waals surface area contributed by atoms with Crippen LogP contribution < -0.4 is 9.47 Å². The largest absolute Gasteiger partial charge is 0.486 e. The van der Waals surface area contributed by atoms with Crippen molar-refractivity contribution in [2.45, 2.75) is 0 Å². The predicted molar refractivity (Wildman–Crippen MR) is 78.3 cm³/mol. The van der Waals surface area contributed by atoms with Crippen LogP contribution in [0, 0.1) is 10.1 Å². The average Bonchev–Trinajstić information content (AvgIpc) is 2.97. The molecule has 2 aromatic heterocycles. The van der Waals surface area contributed by atoms with Crippen LogP contribution in [0.15, 0.2) is 42.7 Å². The Morgan fingerprint density at radius 2 is 1.91 bits per heavy atom. The Labute approximate surface area is 124 Å². The van der Waals surface area contributed by atoms with Crippen molar-refractivity contribution in [2.75, 3.05) is 13.2 Å². The summed E-state index contributed by atoms with van der Waals surface area (Å²) < 4.78 is 12.7. The van der Waals surface area contributed by atoms with Crippen LogP contribution in [-0.4, -0.2) is 27.5 Å². The molecule has 3 aromatic rings. The SMILES string of the molecule is O=[N+]([O-])c1ccc2nc(-c3ccc4c(c3)OCCO4)cn2c1. The molecule has 0 unspecified atom stereocenters. The van der Waals surface area contributed by atoms with Gasteiger partial charge in [0, 0.05) is 17.8 Å². The van der Waals surface area contributed by atoms with Gasteiger partial charge in [-0.3, -0.25) is 14.5 Å². The molecular weight excluding hydrogens is 286 g/mol. The first-order valence-corrected chi connectivity index (χ1v) is 6.74. The highest BCUT2D eigenvalue weighted by molar-refractivity contribution is 5.66. The van der Waals surface area contributed by atoms with E-state index in [1.807, 2.05) is 18.2 Å². The number of pyridine rings is 1. The molecule has 0 saturated heterocycles. The number of rotatable bonds is 2. The number of aromatic nitrogens is 2. The molecule has 3 heterocycles. The van der Waals surface area contributed by atoms with Crippen LogP contribution in [0.2, 0.25) is 0 Å². The molecule has 0 aliphatic carbocycles. The molecule has 4 rings (SSSR count). The molecule has 7 nitrogen and oxygen atoms in total. The van der Waals surface area contributed by atoms with E-state index in [-0.39, 0.29) is 5.69 Å². The fourth-order valence-corrected chi connectivity index (χ4v) is 2.43. The van der Waals surface area contributed by atoms with Gasteiger partial charge in [-0.25, -0.2) is 4.98 Å². The van der Waals surface area contributed by atoms with Crippen molar-refractivity contribution >= 4 is 11.3 Å². The van der Waals surface area contributed by atoms with Gasteiger partial charge in [0.05, 0.1) is 16.8 Å². The average molecular weight is 297 g/mol. The summed E-state index contributed by atoms with van der Waals surface area (Å²) in [5, 5.41) is 10.8. The van der Waals surface area contributed by atoms with Crippen molar-refractivity contribution in [3.63, 3.8) is 0 Å². The van der Waals surface area contributed by atoms with E-state index < -0.39 is 4.92 Å². The summed E-state index contributed by atoms with van der Waals surface area (Å²) in [4.78, 5) is 14.9. The Kier molecular flexibility index (Phi) is 2.72. The zero-order valence-corrected chi connectivity index (χ0v) is 11.4. The number of nitro groups is 1. The van der Waals surface area contributed by atoms with Gasteiger partial charge in [0.2, 0.25) is 0 Å². The standard InChI is InChI=1S/C15H11N3O4/c19-18(20)11-2-4-15-16-12(9-17(15)8-11)10-1-3-13-14(7-10)22-6-5-21-13/h1-4,7-9H,5-6H2. The van der Waals surface area contributed by atoms with E-state index in [1.54, 1.807) is 16.7 Å². The van der Waals surface area contributed by atoms with Crippen molar-refractivity contribution in [2.24, 2.45) is 0 Å². The van der Waals surface area contributed by atoms with Gasteiger partial charge in [0.1, 0.15) is 18.9 Å². The molecule has 0 bridgehead atoms. The molecule has 0 fully saturated rings. The minimum atomic E-state index is -0.427. The Morgan fingerprint density at radius 3 is 2.73 bits per heavy atom. The highest BCUT2D eigenvalue weighted by atomic mass is 16.6. The lowest BCUT2D eigenvalue weighted by Gasteiger charge is -2.18. The molecule has 0 radical (unpaired) electrons. The molecule has 1 aromatic carbocycles. The topological polar surface area (TPSA) is 78.9 Å². The van der Waals surface area contributed by atoms with E-state index in [9.17, 15) is 10.1 Å². The molecule has 0 atom stereocenters. The summed E-state index contributed by atoms with van der Waals surface area (Å²) in [7, 11) is 0. The molecular formula is C15H11N3O4. The minimum absolute atomic E-state index is 0.0265. The van der Waals surface area contributed by atoms with Crippen molar-refractivity contribution in [1.29, 1.82) is 0 Å². The molecule has 0 amide bonds. The fraction of sp³-hybridized carbons (Fsp3) is 0.133. The number of ether oxygens (including phenoxy) is 2. The third-order valence-electron chi connectivity index (χ3n) is 3.48. The number of benzene rings is 1. The molecule has 0 spiro atoms. The molecule has 0 N–H and O–H groups in total. The summed E-state index contributed by atoms with van der Waals surface area (Å²) in [5.74, 6) is 1.40. The number of imidazole rings is 1. The number of fused-ring (bicyclic) bond motifs is 2. The monoisotopic (exact) mass is 297 g/mol. The van der Waals surface area contributed by atoms with Crippen molar-refractivity contribution in [1.82, 2.24) is 9.38 Å². The Morgan fingerprint density at radius 1 is 1.09 bits per heavy atom. The van der Waals surface area contributed by atoms with Crippen LogP contribution in [0.4, 0.5) is 5.69 Å².